The fraction of sp³-hybridized carbons (Fsp3) is 0.512. The molecule has 0 saturated heterocycles. The third kappa shape index (κ3) is 7.05. The second-order valence-electron chi connectivity index (χ2n) is 17.8. The monoisotopic (exact) mass is 654 g/mol. The molecule has 1 aliphatic carbocycles. The molecular formula is C43H57ClNS+. The van der Waals surface area contributed by atoms with Crippen molar-refractivity contribution >= 4 is 22.9 Å². The summed E-state index contributed by atoms with van der Waals surface area (Å²) in [6.45, 7) is 30.2. The summed E-state index contributed by atoms with van der Waals surface area (Å²) in [5.41, 5.74) is 15.5. The maximum absolute atomic E-state index is 7.18. The Hall–Kier alpha value is -2.42. The van der Waals surface area contributed by atoms with Gasteiger partial charge in [0.15, 0.2) is 0 Å². The van der Waals surface area contributed by atoms with Gasteiger partial charge in [0, 0.05) is 11.4 Å². The van der Waals surface area contributed by atoms with Crippen molar-refractivity contribution in [2.75, 3.05) is 0 Å². The highest BCUT2D eigenvalue weighted by molar-refractivity contribution is 7.09. The van der Waals surface area contributed by atoms with Crippen LogP contribution in [0.1, 0.15) is 148 Å². The molecule has 246 valence electrons. The number of fused-ring (bicyclic) bond motifs is 1. The molecule has 1 unspecified atom stereocenters. The lowest BCUT2D eigenvalue weighted by Gasteiger charge is -2.27. The SMILES string of the molecule is CCC1CCCc2c1sc[n+]2-c1c(-c2cc(C(C)(C)C)cc(C(C)(C)C)c2)cc(Cl)cc1-c1cc(C(C)(C)C)cc(C(C)(C)C)c1. The molecule has 5 rings (SSSR count). The summed E-state index contributed by atoms with van der Waals surface area (Å²) in [5.74, 6) is 0.641. The van der Waals surface area contributed by atoms with Crippen LogP contribution in [0.25, 0.3) is 27.9 Å². The van der Waals surface area contributed by atoms with Gasteiger partial charge >= 0.3 is 0 Å². The topological polar surface area (TPSA) is 3.88 Å². The lowest BCUT2D eigenvalue weighted by Crippen LogP contribution is -2.36. The Balaban J connectivity index is 1.93. The molecule has 0 N–H and O–H groups in total. The average molecular weight is 655 g/mol. The normalized spacial score (nSPS) is 16.1. The maximum atomic E-state index is 7.18. The summed E-state index contributed by atoms with van der Waals surface area (Å²) in [6, 6.07) is 19.0. The van der Waals surface area contributed by atoms with E-state index in [4.69, 9.17) is 11.6 Å². The number of rotatable bonds is 4. The van der Waals surface area contributed by atoms with Crippen LogP contribution in [0.2, 0.25) is 5.02 Å². The number of hydrogen-bond donors (Lipinski definition) is 0. The number of aromatic nitrogens is 1. The van der Waals surface area contributed by atoms with Crippen molar-refractivity contribution in [2.45, 2.75) is 143 Å². The first-order chi connectivity index (χ1) is 21.2. The van der Waals surface area contributed by atoms with Gasteiger partial charge < -0.3 is 0 Å². The second kappa shape index (κ2) is 12.2. The molecular weight excluding hydrogens is 598 g/mol. The highest BCUT2D eigenvalue weighted by Crippen LogP contribution is 2.44. The molecule has 0 aliphatic heterocycles. The second-order valence-corrected chi connectivity index (χ2v) is 19.2. The van der Waals surface area contributed by atoms with Gasteiger partial charge in [0.1, 0.15) is 0 Å². The van der Waals surface area contributed by atoms with Crippen LogP contribution in [0, 0.1) is 0 Å². The Bertz CT molecular complexity index is 1580. The number of nitrogens with zero attached hydrogens (tertiary/aromatic N) is 1. The third-order valence-corrected chi connectivity index (χ3v) is 11.3. The minimum absolute atomic E-state index is 0.0171. The van der Waals surface area contributed by atoms with E-state index in [-0.39, 0.29) is 21.7 Å². The van der Waals surface area contributed by atoms with E-state index >= 15 is 0 Å². The van der Waals surface area contributed by atoms with E-state index < -0.39 is 0 Å². The minimum atomic E-state index is 0.0171. The fourth-order valence-corrected chi connectivity index (χ4v) is 8.24. The largest absolute Gasteiger partial charge is 0.231 e. The molecule has 0 bridgehead atoms. The lowest BCUT2D eigenvalue weighted by molar-refractivity contribution is -0.598. The van der Waals surface area contributed by atoms with Gasteiger partial charge in [-0.3, -0.25) is 0 Å². The van der Waals surface area contributed by atoms with Crippen LogP contribution in [0.15, 0.2) is 54.0 Å². The van der Waals surface area contributed by atoms with E-state index in [0.29, 0.717) is 5.92 Å². The zero-order chi connectivity index (χ0) is 34.0. The van der Waals surface area contributed by atoms with Crippen LogP contribution in [0.3, 0.4) is 0 Å². The molecule has 0 spiro atoms. The van der Waals surface area contributed by atoms with Gasteiger partial charge in [0.25, 0.3) is 0 Å². The lowest BCUT2D eigenvalue weighted by atomic mass is 9.77. The van der Waals surface area contributed by atoms with Gasteiger partial charge in [-0.25, -0.2) is 0 Å². The van der Waals surface area contributed by atoms with Gasteiger partial charge in [0.2, 0.25) is 16.9 Å². The summed E-state index contributed by atoms with van der Waals surface area (Å²) in [6.07, 6.45) is 4.83. The van der Waals surface area contributed by atoms with Crippen LogP contribution >= 0.6 is 22.9 Å². The van der Waals surface area contributed by atoms with Crippen LogP contribution in [0.4, 0.5) is 0 Å². The molecule has 3 heteroatoms. The molecule has 0 saturated carbocycles. The van der Waals surface area contributed by atoms with E-state index in [2.05, 4.69) is 149 Å². The molecule has 46 heavy (non-hydrogen) atoms. The molecule has 1 atom stereocenters. The first kappa shape index (κ1) is 34.9. The zero-order valence-corrected chi connectivity index (χ0v) is 32.4. The van der Waals surface area contributed by atoms with Gasteiger partial charge in [0.05, 0.1) is 16.0 Å². The number of thiazole rings is 1. The summed E-state index contributed by atoms with van der Waals surface area (Å²) >= 11 is 9.14. The molecule has 0 amide bonds. The summed E-state index contributed by atoms with van der Waals surface area (Å²) in [4.78, 5) is 1.57. The van der Waals surface area contributed by atoms with Gasteiger partial charge in [-0.1, -0.05) is 149 Å². The first-order valence-corrected chi connectivity index (χ1v) is 18.6. The van der Waals surface area contributed by atoms with Crippen molar-refractivity contribution in [3.8, 4) is 27.9 Å². The van der Waals surface area contributed by atoms with Gasteiger partial charge in [-0.05, 0) is 92.4 Å². The molecule has 1 nitrogen and oxygen atoms in total. The van der Waals surface area contributed by atoms with Crippen molar-refractivity contribution in [3.05, 3.63) is 91.9 Å². The number of benzene rings is 3. The molecule has 3 aromatic carbocycles. The predicted molar refractivity (Wildman–Crippen MR) is 203 cm³/mol. The van der Waals surface area contributed by atoms with Gasteiger partial charge in [-0.15, -0.1) is 0 Å². The van der Waals surface area contributed by atoms with Crippen molar-refractivity contribution in [1.29, 1.82) is 0 Å². The Morgan fingerprint density at radius 3 is 1.43 bits per heavy atom. The molecule has 1 heterocycles. The van der Waals surface area contributed by atoms with Crippen LogP contribution in [0.5, 0.6) is 0 Å². The van der Waals surface area contributed by atoms with Crippen LogP contribution in [-0.2, 0) is 28.1 Å². The van der Waals surface area contributed by atoms with Crippen LogP contribution < -0.4 is 4.57 Å². The molecule has 0 radical (unpaired) electrons. The zero-order valence-electron chi connectivity index (χ0n) is 30.8. The summed E-state index contributed by atoms with van der Waals surface area (Å²) in [5, 5.41) is 0.779. The number of hydrogen-bond acceptors (Lipinski definition) is 1. The van der Waals surface area contributed by atoms with E-state index in [1.54, 1.807) is 4.88 Å². The quantitative estimate of drug-likeness (QED) is 0.193. The van der Waals surface area contributed by atoms with E-state index in [1.807, 2.05) is 11.3 Å². The number of halogens is 1. The Kier molecular flexibility index (Phi) is 9.28. The average Bonchev–Trinajstić information content (AvgIpc) is 3.38. The molecule has 1 aromatic heterocycles. The van der Waals surface area contributed by atoms with E-state index in [0.717, 1.165) is 11.4 Å². The van der Waals surface area contributed by atoms with Crippen LogP contribution in [-0.4, -0.2) is 0 Å². The third-order valence-electron chi connectivity index (χ3n) is 9.96. The summed E-state index contributed by atoms with van der Waals surface area (Å²) in [7, 11) is 0. The Labute approximate surface area is 289 Å². The fourth-order valence-electron chi connectivity index (χ4n) is 6.76. The first-order valence-electron chi connectivity index (χ1n) is 17.4. The standard InChI is InChI=1S/C43H57ClNS/c1-14-27-16-15-17-37-39(27)46-26-45(37)38-35(28-18-30(40(2,3)4)22-31(19-28)41(5,6)7)24-34(44)25-36(38)29-20-32(42(8,9)10)23-33(21-29)43(11,12)13/h18-27H,14-17H2,1-13H3/q+1. The maximum Gasteiger partial charge on any atom is 0.231 e. The highest BCUT2D eigenvalue weighted by Gasteiger charge is 2.35. The highest BCUT2D eigenvalue weighted by atomic mass is 35.5. The van der Waals surface area contributed by atoms with Crippen molar-refractivity contribution in [2.24, 2.45) is 0 Å². The predicted octanol–water partition coefficient (Wildman–Crippen LogP) is 13.0. The smallest absolute Gasteiger partial charge is 0.153 e. The molecule has 0 fully saturated rings. The molecule has 1 aliphatic rings. The Morgan fingerprint density at radius 1 is 0.652 bits per heavy atom. The minimum Gasteiger partial charge on any atom is -0.153 e. The van der Waals surface area contributed by atoms with Crippen molar-refractivity contribution in [1.82, 2.24) is 0 Å². The van der Waals surface area contributed by atoms with Crippen molar-refractivity contribution < 1.29 is 4.57 Å². The summed E-state index contributed by atoms with van der Waals surface area (Å²) < 4.78 is 2.56. The van der Waals surface area contributed by atoms with Crippen molar-refractivity contribution in [3.63, 3.8) is 0 Å². The Morgan fingerprint density at radius 2 is 1.07 bits per heavy atom. The van der Waals surface area contributed by atoms with Gasteiger partial charge in [-0.2, -0.15) is 4.57 Å². The molecule has 4 aromatic rings. The van der Waals surface area contributed by atoms with E-state index in [1.165, 1.54) is 75.2 Å². The van der Waals surface area contributed by atoms with E-state index in [9.17, 15) is 0 Å².